The van der Waals surface area contributed by atoms with Crippen molar-refractivity contribution in [3.05, 3.63) is 28.8 Å². The molecule has 2 unspecified atom stereocenters. The third kappa shape index (κ3) is 3.85. The third-order valence-electron chi connectivity index (χ3n) is 2.89. The summed E-state index contributed by atoms with van der Waals surface area (Å²) in [5.74, 6) is 0.372. The first kappa shape index (κ1) is 14.2. The van der Waals surface area contributed by atoms with E-state index in [2.05, 4.69) is 5.32 Å². The van der Waals surface area contributed by atoms with Crippen LogP contribution < -0.4 is 11.1 Å². The van der Waals surface area contributed by atoms with Crippen LogP contribution in [0.5, 0.6) is 0 Å². The molecule has 1 amide bonds. The van der Waals surface area contributed by atoms with Crippen molar-refractivity contribution in [1.29, 1.82) is 0 Å². The van der Waals surface area contributed by atoms with Gasteiger partial charge in [0.25, 0.3) is 0 Å². The summed E-state index contributed by atoms with van der Waals surface area (Å²) in [7, 11) is 0. The molecule has 1 aromatic carbocycles. The van der Waals surface area contributed by atoms with Crippen molar-refractivity contribution in [2.45, 2.75) is 44.8 Å². The van der Waals surface area contributed by atoms with E-state index in [1.165, 1.54) is 0 Å². The lowest BCUT2D eigenvalue weighted by Gasteiger charge is -2.20. The molecule has 4 nitrogen and oxygen atoms in total. The Hall–Kier alpha value is -1.26. The Morgan fingerprint density at radius 3 is 2.63 bits per heavy atom. The highest BCUT2D eigenvalue weighted by Crippen LogP contribution is 2.40. The second-order valence-corrected chi connectivity index (χ2v) is 6.28. The summed E-state index contributed by atoms with van der Waals surface area (Å²) in [6, 6.07) is 5.80. The van der Waals surface area contributed by atoms with Crippen molar-refractivity contribution in [3.63, 3.8) is 0 Å². The summed E-state index contributed by atoms with van der Waals surface area (Å²) < 4.78 is 5.20. The van der Waals surface area contributed by atoms with Crippen molar-refractivity contribution in [3.8, 4) is 0 Å². The molecule has 1 saturated carbocycles. The predicted molar refractivity (Wildman–Crippen MR) is 76.6 cm³/mol. The Balaban J connectivity index is 2.09. The van der Waals surface area contributed by atoms with E-state index in [1.54, 1.807) is 6.07 Å². The summed E-state index contributed by atoms with van der Waals surface area (Å²) in [6.45, 7) is 5.44. The number of halogens is 1. The zero-order valence-electron chi connectivity index (χ0n) is 11.4. The normalized spacial score (nSPS) is 21.9. The van der Waals surface area contributed by atoms with Crippen LogP contribution in [0.15, 0.2) is 18.2 Å². The topological polar surface area (TPSA) is 64.3 Å². The van der Waals surface area contributed by atoms with E-state index in [0.29, 0.717) is 16.6 Å². The Morgan fingerprint density at radius 1 is 1.47 bits per heavy atom. The van der Waals surface area contributed by atoms with E-state index in [1.807, 2.05) is 32.9 Å². The van der Waals surface area contributed by atoms with Crippen LogP contribution in [0.2, 0.25) is 5.02 Å². The number of anilines is 1. The molecule has 0 spiro atoms. The molecule has 2 rings (SSSR count). The molecule has 1 aliphatic carbocycles. The Bertz CT molecular complexity index is 497. The van der Waals surface area contributed by atoms with Gasteiger partial charge in [0.05, 0.1) is 10.7 Å². The standard InChI is InChI=1S/C14H19ClN2O2/c1-14(2,3)19-13(18)17-12-6-8(4-5-10(12)15)9-7-11(9)16/h4-6,9,11H,7,16H2,1-3H3,(H,17,18). The van der Waals surface area contributed by atoms with E-state index >= 15 is 0 Å². The van der Waals surface area contributed by atoms with Crippen LogP contribution in [0.4, 0.5) is 10.5 Å². The highest BCUT2D eigenvalue weighted by Gasteiger charge is 2.35. The average Bonchev–Trinajstić information content (AvgIpc) is 2.96. The Labute approximate surface area is 118 Å². The van der Waals surface area contributed by atoms with Crippen molar-refractivity contribution in [2.24, 2.45) is 5.73 Å². The summed E-state index contributed by atoms with van der Waals surface area (Å²) in [6.07, 6.45) is 0.472. The number of hydrogen-bond acceptors (Lipinski definition) is 3. The molecule has 0 aliphatic heterocycles. The minimum Gasteiger partial charge on any atom is -0.444 e. The number of carbonyl (C=O) groups excluding carboxylic acids is 1. The van der Waals surface area contributed by atoms with E-state index in [0.717, 1.165) is 12.0 Å². The lowest BCUT2D eigenvalue weighted by molar-refractivity contribution is 0.0636. The Kier molecular flexibility index (Phi) is 3.74. The van der Waals surface area contributed by atoms with Gasteiger partial charge in [-0.1, -0.05) is 17.7 Å². The van der Waals surface area contributed by atoms with E-state index in [9.17, 15) is 4.79 Å². The van der Waals surface area contributed by atoms with Gasteiger partial charge in [-0.3, -0.25) is 5.32 Å². The highest BCUT2D eigenvalue weighted by atomic mass is 35.5. The van der Waals surface area contributed by atoms with Crippen molar-refractivity contribution < 1.29 is 9.53 Å². The van der Waals surface area contributed by atoms with Gasteiger partial charge in [0.15, 0.2) is 0 Å². The second-order valence-electron chi connectivity index (χ2n) is 5.87. The number of nitrogens with one attached hydrogen (secondary N) is 1. The zero-order chi connectivity index (χ0) is 14.2. The maximum Gasteiger partial charge on any atom is 0.412 e. The fourth-order valence-corrected chi connectivity index (χ4v) is 2.05. The van der Waals surface area contributed by atoms with Crippen LogP contribution in [0.25, 0.3) is 0 Å². The quantitative estimate of drug-likeness (QED) is 0.872. The lowest BCUT2D eigenvalue weighted by Crippen LogP contribution is -2.27. The summed E-state index contributed by atoms with van der Waals surface area (Å²) >= 11 is 6.07. The largest absolute Gasteiger partial charge is 0.444 e. The molecule has 3 N–H and O–H groups in total. The summed E-state index contributed by atoms with van der Waals surface area (Å²) in [5.41, 5.74) is 6.95. The monoisotopic (exact) mass is 282 g/mol. The first-order chi connectivity index (χ1) is 8.76. The number of nitrogens with two attached hydrogens (primary N) is 1. The smallest absolute Gasteiger partial charge is 0.412 e. The van der Waals surface area contributed by atoms with Gasteiger partial charge in [-0.25, -0.2) is 4.79 Å². The molecule has 2 atom stereocenters. The molecule has 104 valence electrons. The first-order valence-electron chi connectivity index (χ1n) is 6.31. The van der Waals surface area contributed by atoms with Gasteiger partial charge in [-0.05, 0) is 44.9 Å². The van der Waals surface area contributed by atoms with Gasteiger partial charge in [0, 0.05) is 12.0 Å². The summed E-state index contributed by atoms with van der Waals surface area (Å²) in [4.78, 5) is 11.7. The van der Waals surface area contributed by atoms with Crippen LogP contribution in [0.1, 0.15) is 38.7 Å². The SMILES string of the molecule is CC(C)(C)OC(=O)Nc1cc(C2CC2N)ccc1Cl. The van der Waals surface area contributed by atoms with E-state index < -0.39 is 11.7 Å². The van der Waals surface area contributed by atoms with Crippen LogP contribution >= 0.6 is 11.6 Å². The van der Waals surface area contributed by atoms with Crippen molar-refractivity contribution >= 4 is 23.4 Å². The number of ether oxygens (including phenoxy) is 1. The molecule has 0 radical (unpaired) electrons. The molecule has 1 aromatic rings. The van der Waals surface area contributed by atoms with Gasteiger partial charge >= 0.3 is 6.09 Å². The molecule has 19 heavy (non-hydrogen) atoms. The molecule has 1 fully saturated rings. The zero-order valence-corrected chi connectivity index (χ0v) is 12.1. The predicted octanol–water partition coefficient (Wildman–Crippen LogP) is 3.50. The van der Waals surface area contributed by atoms with Gasteiger partial charge in [0.2, 0.25) is 0 Å². The third-order valence-corrected chi connectivity index (χ3v) is 3.22. The van der Waals surface area contributed by atoms with Crippen LogP contribution in [-0.4, -0.2) is 17.7 Å². The van der Waals surface area contributed by atoms with Gasteiger partial charge < -0.3 is 10.5 Å². The fourth-order valence-electron chi connectivity index (χ4n) is 1.88. The summed E-state index contributed by atoms with van der Waals surface area (Å²) in [5, 5.41) is 3.16. The molecule has 5 heteroatoms. The molecule has 0 heterocycles. The van der Waals surface area contributed by atoms with Gasteiger partial charge in [0.1, 0.15) is 5.60 Å². The molecule has 0 aromatic heterocycles. The average molecular weight is 283 g/mol. The minimum atomic E-state index is -0.535. The van der Waals surface area contributed by atoms with Gasteiger partial charge in [-0.15, -0.1) is 0 Å². The van der Waals surface area contributed by atoms with Crippen LogP contribution in [-0.2, 0) is 4.74 Å². The minimum absolute atomic E-state index is 0.218. The number of hydrogen-bond donors (Lipinski definition) is 2. The maximum atomic E-state index is 11.7. The highest BCUT2D eigenvalue weighted by molar-refractivity contribution is 6.33. The number of amides is 1. The molecular weight excluding hydrogens is 264 g/mol. The van der Waals surface area contributed by atoms with Crippen molar-refractivity contribution in [2.75, 3.05) is 5.32 Å². The van der Waals surface area contributed by atoms with E-state index in [-0.39, 0.29) is 6.04 Å². The maximum absolute atomic E-state index is 11.7. The molecule has 1 aliphatic rings. The van der Waals surface area contributed by atoms with Crippen molar-refractivity contribution in [1.82, 2.24) is 0 Å². The van der Waals surface area contributed by atoms with Gasteiger partial charge in [-0.2, -0.15) is 0 Å². The molecule has 0 saturated heterocycles. The Morgan fingerprint density at radius 2 is 2.11 bits per heavy atom. The number of benzene rings is 1. The first-order valence-corrected chi connectivity index (χ1v) is 6.69. The second kappa shape index (κ2) is 5.02. The fraction of sp³-hybridized carbons (Fsp3) is 0.500. The number of carbonyl (C=O) groups is 1. The molecular formula is C14H19ClN2O2. The number of rotatable bonds is 2. The lowest BCUT2D eigenvalue weighted by atomic mass is 10.1. The molecule has 0 bridgehead atoms. The van der Waals surface area contributed by atoms with Crippen LogP contribution in [0.3, 0.4) is 0 Å². The van der Waals surface area contributed by atoms with Crippen LogP contribution in [0, 0.1) is 0 Å². The van der Waals surface area contributed by atoms with E-state index in [4.69, 9.17) is 22.1 Å².